The molecule has 16 heavy (non-hydrogen) atoms. The molecular weight excluding hydrogens is 222 g/mol. The minimum atomic E-state index is -2.31. The zero-order chi connectivity index (χ0) is 12.3. The summed E-state index contributed by atoms with van der Waals surface area (Å²) in [4.78, 5) is 0. The molecule has 0 heterocycles. The van der Waals surface area contributed by atoms with Gasteiger partial charge in [-0.1, -0.05) is 25.7 Å². The van der Waals surface area contributed by atoms with Gasteiger partial charge in [-0.05, 0) is 19.4 Å². The van der Waals surface area contributed by atoms with E-state index in [1.54, 1.807) is 21.3 Å². The third kappa shape index (κ3) is 6.60. The number of rotatable bonds is 11. The van der Waals surface area contributed by atoms with Crippen molar-refractivity contribution >= 4 is 8.80 Å². The van der Waals surface area contributed by atoms with Crippen LogP contribution in [0, 0.1) is 0 Å². The molecule has 0 unspecified atom stereocenters. The Balaban J connectivity index is 3.48. The van der Waals surface area contributed by atoms with Crippen molar-refractivity contribution in [3.63, 3.8) is 0 Å². The van der Waals surface area contributed by atoms with Crippen molar-refractivity contribution < 1.29 is 13.3 Å². The normalized spacial score (nSPS) is 12.0. The molecule has 98 valence electrons. The molecule has 0 aliphatic rings. The Hall–Kier alpha value is 0.0569. The van der Waals surface area contributed by atoms with Crippen LogP contribution in [0.4, 0.5) is 0 Å². The molecule has 0 aromatic carbocycles. The van der Waals surface area contributed by atoms with E-state index in [-0.39, 0.29) is 0 Å². The van der Waals surface area contributed by atoms with Gasteiger partial charge in [-0.3, -0.25) is 0 Å². The lowest BCUT2D eigenvalue weighted by Crippen LogP contribution is -2.42. The van der Waals surface area contributed by atoms with Crippen LogP contribution in [0.2, 0.25) is 6.04 Å². The molecule has 0 bridgehead atoms. The van der Waals surface area contributed by atoms with Gasteiger partial charge >= 0.3 is 8.80 Å². The first-order chi connectivity index (χ1) is 7.74. The van der Waals surface area contributed by atoms with Gasteiger partial charge < -0.3 is 19.0 Å². The largest absolute Gasteiger partial charge is 0.500 e. The van der Waals surface area contributed by atoms with Crippen molar-refractivity contribution in [1.29, 1.82) is 0 Å². The molecular formula is C11H27NO3Si. The predicted octanol–water partition coefficient (Wildman–Crippen LogP) is 2.16. The highest BCUT2D eigenvalue weighted by molar-refractivity contribution is 6.60. The molecule has 0 fully saturated rings. The summed E-state index contributed by atoms with van der Waals surface area (Å²) in [5, 5.41) is 0. The van der Waals surface area contributed by atoms with Crippen LogP contribution in [0.5, 0.6) is 0 Å². The Kier molecular flexibility index (Phi) is 10.3. The van der Waals surface area contributed by atoms with Crippen LogP contribution in [0.1, 0.15) is 38.5 Å². The highest BCUT2D eigenvalue weighted by Gasteiger charge is 2.36. The lowest BCUT2D eigenvalue weighted by Gasteiger charge is -2.24. The summed E-state index contributed by atoms with van der Waals surface area (Å²) in [5.41, 5.74) is 5.44. The van der Waals surface area contributed by atoms with Crippen LogP contribution >= 0.6 is 0 Å². The monoisotopic (exact) mass is 249 g/mol. The van der Waals surface area contributed by atoms with Crippen LogP contribution in [-0.4, -0.2) is 36.7 Å². The molecule has 5 heteroatoms. The maximum absolute atomic E-state index is 5.44. The van der Waals surface area contributed by atoms with Crippen molar-refractivity contribution in [3.8, 4) is 0 Å². The van der Waals surface area contributed by atoms with Crippen molar-refractivity contribution in [2.24, 2.45) is 5.73 Å². The Morgan fingerprint density at radius 1 is 0.750 bits per heavy atom. The van der Waals surface area contributed by atoms with Gasteiger partial charge in [0.25, 0.3) is 0 Å². The maximum atomic E-state index is 5.44. The Morgan fingerprint density at radius 2 is 1.19 bits per heavy atom. The number of unbranched alkanes of at least 4 members (excludes halogenated alkanes) is 5. The molecule has 0 aliphatic heterocycles. The minimum Gasteiger partial charge on any atom is -0.377 e. The van der Waals surface area contributed by atoms with Crippen molar-refractivity contribution in [2.75, 3.05) is 27.9 Å². The summed E-state index contributed by atoms with van der Waals surface area (Å²) in [5.74, 6) is 0. The Bertz CT molecular complexity index is 146. The zero-order valence-corrected chi connectivity index (χ0v) is 12.0. The van der Waals surface area contributed by atoms with E-state index in [1.807, 2.05) is 0 Å². The third-order valence-electron chi connectivity index (χ3n) is 2.87. The topological polar surface area (TPSA) is 53.7 Å². The molecule has 0 saturated heterocycles. The van der Waals surface area contributed by atoms with E-state index in [1.165, 1.54) is 25.7 Å². The molecule has 4 nitrogen and oxygen atoms in total. The lowest BCUT2D eigenvalue weighted by atomic mass is 10.1. The molecule has 0 aromatic rings. The average Bonchev–Trinajstić information content (AvgIpc) is 2.34. The third-order valence-corrected chi connectivity index (χ3v) is 5.70. The Morgan fingerprint density at radius 3 is 1.62 bits per heavy atom. The molecule has 0 amide bonds. The van der Waals surface area contributed by atoms with Gasteiger partial charge in [0.05, 0.1) is 0 Å². The SMILES string of the molecule is CO[Si](CCCCCCCCN)(OC)OC. The molecule has 0 aliphatic carbocycles. The van der Waals surface area contributed by atoms with E-state index in [2.05, 4.69) is 0 Å². The molecule has 0 spiro atoms. The minimum absolute atomic E-state index is 0.813. The van der Waals surface area contributed by atoms with Crippen LogP contribution < -0.4 is 5.73 Å². The second-order valence-corrected chi connectivity index (χ2v) is 7.05. The van der Waals surface area contributed by atoms with Crippen molar-refractivity contribution in [3.05, 3.63) is 0 Å². The second kappa shape index (κ2) is 10.2. The second-order valence-electron chi connectivity index (χ2n) is 3.96. The van der Waals surface area contributed by atoms with E-state index in [0.29, 0.717) is 0 Å². The molecule has 0 aromatic heterocycles. The van der Waals surface area contributed by atoms with Gasteiger partial charge in [0.1, 0.15) is 0 Å². The molecule has 0 radical (unpaired) electrons. The van der Waals surface area contributed by atoms with E-state index in [0.717, 1.165) is 25.4 Å². The zero-order valence-electron chi connectivity index (χ0n) is 11.0. The first kappa shape index (κ1) is 16.1. The number of hydrogen-bond donors (Lipinski definition) is 1. The predicted molar refractivity (Wildman–Crippen MR) is 68.3 cm³/mol. The van der Waals surface area contributed by atoms with Crippen molar-refractivity contribution in [2.45, 2.75) is 44.6 Å². The fourth-order valence-corrected chi connectivity index (χ4v) is 3.54. The van der Waals surface area contributed by atoms with E-state index < -0.39 is 8.80 Å². The fraction of sp³-hybridized carbons (Fsp3) is 1.00. The summed E-state index contributed by atoms with van der Waals surface area (Å²) in [7, 11) is 2.69. The van der Waals surface area contributed by atoms with E-state index in [9.17, 15) is 0 Å². The standard InChI is InChI=1S/C11H27NO3Si/c1-13-16(14-2,15-3)11-9-7-5-4-6-8-10-12/h4-12H2,1-3H3. The fourth-order valence-electron chi connectivity index (χ4n) is 1.75. The first-order valence-corrected chi connectivity index (χ1v) is 8.03. The van der Waals surface area contributed by atoms with Gasteiger partial charge in [0, 0.05) is 27.4 Å². The van der Waals surface area contributed by atoms with Gasteiger partial charge in [-0.25, -0.2) is 0 Å². The smallest absolute Gasteiger partial charge is 0.377 e. The molecule has 0 rings (SSSR count). The molecule has 2 N–H and O–H groups in total. The summed E-state index contributed by atoms with van der Waals surface area (Å²) in [6.07, 6.45) is 7.27. The van der Waals surface area contributed by atoms with E-state index >= 15 is 0 Å². The summed E-state index contributed by atoms with van der Waals surface area (Å²) < 4.78 is 16.1. The maximum Gasteiger partial charge on any atom is 0.500 e. The average molecular weight is 249 g/mol. The van der Waals surface area contributed by atoms with E-state index in [4.69, 9.17) is 19.0 Å². The van der Waals surface area contributed by atoms with Gasteiger partial charge in [-0.15, -0.1) is 0 Å². The highest BCUT2D eigenvalue weighted by atomic mass is 28.4. The van der Waals surface area contributed by atoms with Crippen molar-refractivity contribution in [1.82, 2.24) is 0 Å². The first-order valence-electron chi connectivity index (χ1n) is 6.10. The number of hydrogen-bond acceptors (Lipinski definition) is 4. The quantitative estimate of drug-likeness (QED) is 0.450. The highest BCUT2D eigenvalue weighted by Crippen LogP contribution is 2.17. The van der Waals surface area contributed by atoms with Gasteiger partial charge in [0.2, 0.25) is 0 Å². The Labute approximate surface area is 101 Å². The molecule has 0 atom stereocenters. The van der Waals surface area contributed by atoms with Gasteiger partial charge in [0.15, 0.2) is 0 Å². The van der Waals surface area contributed by atoms with Crippen LogP contribution in [0.3, 0.4) is 0 Å². The van der Waals surface area contributed by atoms with Crippen LogP contribution in [0.25, 0.3) is 0 Å². The van der Waals surface area contributed by atoms with Crippen LogP contribution in [0.15, 0.2) is 0 Å². The summed E-state index contributed by atoms with van der Waals surface area (Å²) in [6, 6.07) is 0.910. The van der Waals surface area contributed by atoms with Crippen LogP contribution in [-0.2, 0) is 13.3 Å². The lowest BCUT2D eigenvalue weighted by molar-refractivity contribution is 0.122. The molecule has 0 saturated carbocycles. The number of nitrogens with two attached hydrogens (primary N) is 1. The van der Waals surface area contributed by atoms with Gasteiger partial charge in [-0.2, -0.15) is 0 Å². The summed E-state index contributed by atoms with van der Waals surface area (Å²) >= 11 is 0. The summed E-state index contributed by atoms with van der Waals surface area (Å²) in [6.45, 7) is 0.813.